The summed E-state index contributed by atoms with van der Waals surface area (Å²) in [4.78, 5) is 8.54. The van der Waals surface area contributed by atoms with Gasteiger partial charge in [-0.3, -0.25) is 0 Å². The van der Waals surface area contributed by atoms with Crippen molar-refractivity contribution in [2.24, 2.45) is 0 Å². The number of hydrogen-bond acceptors (Lipinski definition) is 7. The summed E-state index contributed by atoms with van der Waals surface area (Å²) in [6.07, 6.45) is 3.62. The number of benzene rings is 2. The van der Waals surface area contributed by atoms with E-state index in [0.717, 1.165) is 42.3 Å². The van der Waals surface area contributed by atoms with Crippen molar-refractivity contribution in [3.63, 3.8) is 0 Å². The molecule has 3 rings (SSSR count). The number of nitrogen functional groups attached to an aromatic ring is 1. The minimum atomic E-state index is 0.419. The Hall–Kier alpha value is -3.48. The quantitative estimate of drug-likeness (QED) is 0.411. The molecule has 7 heteroatoms. The highest BCUT2D eigenvalue weighted by Crippen LogP contribution is 2.32. The van der Waals surface area contributed by atoms with Crippen LogP contribution in [-0.4, -0.2) is 23.2 Å². The van der Waals surface area contributed by atoms with Gasteiger partial charge in [-0.15, -0.1) is 0 Å². The lowest BCUT2D eigenvalue weighted by Crippen LogP contribution is -2.06. The van der Waals surface area contributed by atoms with E-state index in [9.17, 15) is 0 Å². The fraction of sp³-hybridized carbons (Fsp3) is 0.273. The van der Waals surface area contributed by atoms with Gasteiger partial charge in [0.1, 0.15) is 23.5 Å². The van der Waals surface area contributed by atoms with Crippen molar-refractivity contribution < 1.29 is 9.47 Å². The maximum absolute atomic E-state index is 6.30. The SMILES string of the molecule is CCCCOc1ccc(Nc2ncnc(Nc3ccccc3OCC)c2N)cc1. The molecule has 0 aliphatic rings. The molecule has 0 radical (unpaired) electrons. The summed E-state index contributed by atoms with van der Waals surface area (Å²) in [5, 5.41) is 6.46. The lowest BCUT2D eigenvalue weighted by Gasteiger charge is -2.15. The van der Waals surface area contributed by atoms with Gasteiger partial charge in [0.25, 0.3) is 0 Å². The molecule has 0 spiro atoms. The summed E-state index contributed by atoms with van der Waals surface area (Å²) < 4.78 is 11.3. The lowest BCUT2D eigenvalue weighted by molar-refractivity contribution is 0.309. The van der Waals surface area contributed by atoms with Gasteiger partial charge < -0.3 is 25.8 Å². The lowest BCUT2D eigenvalue weighted by atomic mass is 10.2. The first kappa shape index (κ1) is 20.3. The van der Waals surface area contributed by atoms with E-state index in [1.807, 2.05) is 55.5 Å². The molecule has 0 saturated heterocycles. The van der Waals surface area contributed by atoms with E-state index < -0.39 is 0 Å². The number of ether oxygens (including phenoxy) is 2. The van der Waals surface area contributed by atoms with Crippen LogP contribution in [0.5, 0.6) is 11.5 Å². The molecular formula is C22H27N5O2. The van der Waals surface area contributed by atoms with Crippen molar-refractivity contribution in [2.75, 3.05) is 29.6 Å². The van der Waals surface area contributed by atoms with Gasteiger partial charge >= 0.3 is 0 Å². The second-order valence-corrected chi connectivity index (χ2v) is 6.39. The van der Waals surface area contributed by atoms with E-state index >= 15 is 0 Å². The van der Waals surface area contributed by atoms with Gasteiger partial charge in [-0.25, -0.2) is 9.97 Å². The molecule has 29 heavy (non-hydrogen) atoms. The van der Waals surface area contributed by atoms with Gasteiger partial charge in [0.15, 0.2) is 11.6 Å². The number of nitrogens with zero attached hydrogens (tertiary/aromatic N) is 2. The fourth-order valence-corrected chi connectivity index (χ4v) is 2.68. The van der Waals surface area contributed by atoms with Crippen molar-refractivity contribution in [2.45, 2.75) is 26.7 Å². The number of unbranched alkanes of at least 4 members (excludes halogenated alkanes) is 1. The number of hydrogen-bond donors (Lipinski definition) is 3. The molecule has 0 aliphatic heterocycles. The van der Waals surface area contributed by atoms with Gasteiger partial charge in [-0.1, -0.05) is 25.5 Å². The van der Waals surface area contributed by atoms with Crippen LogP contribution in [0.1, 0.15) is 26.7 Å². The van der Waals surface area contributed by atoms with Gasteiger partial charge in [0.05, 0.1) is 18.9 Å². The molecule has 1 aromatic heterocycles. The molecule has 4 N–H and O–H groups in total. The highest BCUT2D eigenvalue weighted by atomic mass is 16.5. The number of aromatic nitrogens is 2. The smallest absolute Gasteiger partial charge is 0.159 e. The molecule has 0 saturated carbocycles. The maximum atomic E-state index is 6.30. The number of para-hydroxylation sites is 2. The molecule has 1 heterocycles. The zero-order chi connectivity index (χ0) is 20.5. The average Bonchev–Trinajstić information content (AvgIpc) is 2.74. The van der Waals surface area contributed by atoms with Crippen molar-refractivity contribution in [3.05, 3.63) is 54.9 Å². The van der Waals surface area contributed by atoms with Crippen LogP contribution in [0.2, 0.25) is 0 Å². The molecule has 0 fully saturated rings. The summed E-state index contributed by atoms with van der Waals surface area (Å²) >= 11 is 0. The normalized spacial score (nSPS) is 10.4. The fourth-order valence-electron chi connectivity index (χ4n) is 2.68. The Bertz CT molecular complexity index is 915. The molecule has 152 valence electrons. The first-order valence-electron chi connectivity index (χ1n) is 9.80. The van der Waals surface area contributed by atoms with Crippen LogP contribution in [0.15, 0.2) is 54.9 Å². The standard InChI is InChI=1S/C22H27N5O2/c1-3-5-14-29-17-12-10-16(11-13-17)26-21-20(23)22(25-15-24-21)27-18-8-6-7-9-19(18)28-4-2/h6-13,15H,3-5,14,23H2,1-2H3,(H2,24,25,26,27). The van der Waals surface area contributed by atoms with Crippen LogP contribution in [0.4, 0.5) is 28.7 Å². The number of anilines is 5. The zero-order valence-corrected chi connectivity index (χ0v) is 16.8. The molecule has 0 unspecified atom stereocenters. The minimum Gasteiger partial charge on any atom is -0.494 e. The highest BCUT2D eigenvalue weighted by Gasteiger charge is 2.11. The largest absolute Gasteiger partial charge is 0.494 e. The van der Waals surface area contributed by atoms with Crippen molar-refractivity contribution in [1.29, 1.82) is 0 Å². The molecule has 0 aliphatic carbocycles. The van der Waals surface area contributed by atoms with Crippen LogP contribution in [-0.2, 0) is 0 Å². The van der Waals surface area contributed by atoms with Crippen LogP contribution < -0.4 is 25.8 Å². The average molecular weight is 393 g/mol. The summed E-state index contributed by atoms with van der Waals surface area (Å²) in [7, 11) is 0. The maximum Gasteiger partial charge on any atom is 0.159 e. The van der Waals surface area contributed by atoms with Crippen LogP contribution >= 0.6 is 0 Å². The predicted octanol–water partition coefficient (Wildman–Crippen LogP) is 5.12. The zero-order valence-electron chi connectivity index (χ0n) is 16.8. The highest BCUT2D eigenvalue weighted by molar-refractivity contribution is 5.81. The van der Waals surface area contributed by atoms with Crippen LogP contribution in [0.25, 0.3) is 0 Å². The Morgan fingerprint density at radius 1 is 0.897 bits per heavy atom. The van der Waals surface area contributed by atoms with E-state index in [0.29, 0.717) is 23.9 Å². The summed E-state index contributed by atoms with van der Waals surface area (Å²) in [5.41, 5.74) is 8.37. The molecule has 0 atom stereocenters. The molecule has 0 amide bonds. The monoisotopic (exact) mass is 393 g/mol. The van der Waals surface area contributed by atoms with Crippen molar-refractivity contribution in [1.82, 2.24) is 9.97 Å². The second kappa shape index (κ2) is 10.2. The van der Waals surface area contributed by atoms with E-state index in [4.69, 9.17) is 15.2 Å². The van der Waals surface area contributed by atoms with Gasteiger partial charge in [-0.2, -0.15) is 0 Å². The Morgan fingerprint density at radius 2 is 1.62 bits per heavy atom. The van der Waals surface area contributed by atoms with E-state index in [2.05, 4.69) is 27.5 Å². The second-order valence-electron chi connectivity index (χ2n) is 6.39. The number of rotatable bonds is 10. The number of nitrogens with one attached hydrogen (secondary N) is 2. The third kappa shape index (κ3) is 5.51. The first-order valence-corrected chi connectivity index (χ1v) is 9.80. The third-order valence-corrected chi connectivity index (χ3v) is 4.21. The van der Waals surface area contributed by atoms with E-state index in [1.165, 1.54) is 6.33 Å². The van der Waals surface area contributed by atoms with Crippen molar-refractivity contribution >= 4 is 28.7 Å². The molecule has 3 aromatic rings. The predicted molar refractivity (Wildman–Crippen MR) is 117 cm³/mol. The van der Waals surface area contributed by atoms with Crippen molar-refractivity contribution in [3.8, 4) is 11.5 Å². The first-order chi connectivity index (χ1) is 14.2. The topological polar surface area (TPSA) is 94.3 Å². The minimum absolute atomic E-state index is 0.419. The molecule has 0 bridgehead atoms. The van der Waals surface area contributed by atoms with Gasteiger partial charge in [0, 0.05) is 5.69 Å². The Labute approximate surface area is 171 Å². The molecule has 2 aromatic carbocycles. The van der Waals surface area contributed by atoms with E-state index in [1.54, 1.807) is 0 Å². The summed E-state index contributed by atoms with van der Waals surface area (Å²) in [6, 6.07) is 15.4. The molecule has 7 nitrogen and oxygen atoms in total. The van der Waals surface area contributed by atoms with Gasteiger partial charge in [0.2, 0.25) is 0 Å². The summed E-state index contributed by atoms with van der Waals surface area (Å²) in [5.74, 6) is 2.61. The Kier molecular flexibility index (Phi) is 7.10. The molecular weight excluding hydrogens is 366 g/mol. The summed E-state index contributed by atoms with van der Waals surface area (Å²) in [6.45, 7) is 5.38. The number of nitrogens with two attached hydrogens (primary N) is 1. The van der Waals surface area contributed by atoms with Crippen LogP contribution in [0.3, 0.4) is 0 Å². The van der Waals surface area contributed by atoms with E-state index in [-0.39, 0.29) is 0 Å². The Balaban J connectivity index is 1.72. The Morgan fingerprint density at radius 3 is 2.34 bits per heavy atom. The van der Waals surface area contributed by atoms with Gasteiger partial charge in [-0.05, 0) is 49.7 Å². The third-order valence-electron chi connectivity index (χ3n) is 4.21. The van der Waals surface area contributed by atoms with Crippen LogP contribution in [0, 0.1) is 0 Å².